The maximum absolute atomic E-state index is 11.8. The van der Waals surface area contributed by atoms with Crippen LogP contribution in [0.3, 0.4) is 0 Å². The SMILES string of the molecule is CCCS(=O)(=O)N1CC2(COC(C)(C)OC2)C1. The molecule has 2 aliphatic rings. The summed E-state index contributed by atoms with van der Waals surface area (Å²) in [5, 5.41) is 0. The number of ether oxygens (including phenoxy) is 2. The molecule has 100 valence electrons. The van der Waals surface area contributed by atoms with Crippen molar-refractivity contribution in [3.8, 4) is 0 Å². The molecule has 1 spiro atoms. The predicted molar refractivity (Wildman–Crippen MR) is 64.1 cm³/mol. The summed E-state index contributed by atoms with van der Waals surface area (Å²) >= 11 is 0. The third-order valence-corrected chi connectivity index (χ3v) is 5.30. The third kappa shape index (κ3) is 2.65. The Morgan fingerprint density at radius 1 is 1.18 bits per heavy atom. The minimum atomic E-state index is -3.06. The summed E-state index contributed by atoms with van der Waals surface area (Å²) in [6.45, 7) is 7.86. The standard InChI is InChI=1S/C11H21NO4S/c1-4-5-17(13,14)12-6-11(7-12)8-15-10(2,3)16-9-11/h4-9H2,1-3H3. The molecule has 0 unspecified atom stereocenters. The van der Waals surface area contributed by atoms with Gasteiger partial charge in [-0.15, -0.1) is 0 Å². The van der Waals surface area contributed by atoms with Gasteiger partial charge in [0.25, 0.3) is 0 Å². The van der Waals surface area contributed by atoms with Gasteiger partial charge < -0.3 is 9.47 Å². The first-order valence-electron chi connectivity index (χ1n) is 6.04. The predicted octanol–water partition coefficient (Wildman–Crippen LogP) is 0.811. The van der Waals surface area contributed by atoms with E-state index in [4.69, 9.17) is 9.47 Å². The van der Waals surface area contributed by atoms with Gasteiger partial charge in [-0.3, -0.25) is 0 Å². The fraction of sp³-hybridized carbons (Fsp3) is 1.00. The van der Waals surface area contributed by atoms with Crippen molar-refractivity contribution >= 4 is 10.0 Å². The summed E-state index contributed by atoms with van der Waals surface area (Å²) in [6.07, 6.45) is 0.659. The van der Waals surface area contributed by atoms with Crippen LogP contribution >= 0.6 is 0 Å². The van der Waals surface area contributed by atoms with Gasteiger partial charge in [0.2, 0.25) is 10.0 Å². The van der Waals surface area contributed by atoms with Crippen LogP contribution in [0, 0.1) is 5.41 Å². The highest BCUT2D eigenvalue weighted by atomic mass is 32.2. The minimum absolute atomic E-state index is 0.115. The van der Waals surface area contributed by atoms with E-state index < -0.39 is 15.8 Å². The van der Waals surface area contributed by atoms with Crippen LogP contribution < -0.4 is 0 Å². The van der Waals surface area contributed by atoms with E-state index in [2.05, 4.69) is 0 Å². The summed E-state index contributed by atoms with van der Waals surface area (Å²) < 4.78 is 36.4. The molecule has 2 fully saturated rings. The summed E-state index contributed by atoms with van der Waals surface area (Å²) in [7, 11) is -3.06. The second-order valence-electron chi connectivity index (χ2n) is 5.56. The van der Waals surface area contributed by atoms with E-state index in [1.807, 2.05) is 20.8 Å². The van der Waals surface area contributed by atoms with Crippen LogP contribution in [0.25, 0.3) is 0 Å². The van der Waals surface area contributed by atoms with Gasteiger partial charge in [0.15, 0.2) is 5.79 Å². The van der Waals surface area contributed by atoms with Gasteiger partial charge in [0, 0.05) is 18.5 Å². The van der Waals surface area contributed by atoms with E-state index in [9.17, 15) is 8.42 Å². The average Bonchev–Trinajstić information content (AvgIpc) is 2.14. The number of sulfonamides is 1. The smallest absolute Gasteiger partial charge is 0.214 e. The molecule has 0 bridgehead atoms. The van der Waals surface area contributed by atoms with Crippen molar-refractivity contribution in [1.29, 1.82) is 0 Å². The Hall–Kier alpha value is -0.170. The van der Waals surface area contributed by atoms with Crippen LogP contribution in [0.5, 0.6) is 0 Å². The Morgan fingerprint density at radius 2 is 1.71 bits per heavy atom. The molecule has 0 N–H and O–H groups in total. The van der Waals surface area contributed by atoms with Crippen LogP contribution in [0.2, 0.25) is 0 Å². The van der Waals surface area contributed by atoms with E-state index >= 15 is 0 Å². The van der Waals surface area contributed by atoms with Gasteiger partial charge in [-0.25, -0.2) is 12.7 Å². The lowest BCUT2D eigenvalue weighted by atomic mass is 9.82. The lowest BCUT2D eigenvalue weighted by Gasteiger charge is -2.53. The quantitative estimate of drug-likeness (QED) is 0.756. The molecular weight excluding hydrogens is 242 g/mol. The van der Waals surface area contributed by atoms with Crippen molar-refractivity contribution in [2.75, 3.05) is 32.1 Å². The molecular formula is C11H21NO4S. The molecule has 2 saturated heterocycles. The Balaban J connectivity index is 1.91. The van der Waals surface area contributed by atoms with E-state index in [-0.39, 0.29) is 11.2 Å². The molecule has 2 heterocycles. The molecule has 0 saturated carbocycles. The first-order chi connectivity index (χ1) is 7.79. The highest BCUT2D eigenvalue weighted by Crippen LogP contribution is 2.38. The van der Waals surface area contributed by atoms with Crippen molar-refractivity contribution in [2.24, 2.45) is 5.41 Å². The van der Waals surface area contributed by atoms with Crippen LogP contribution in [0.15, 0.2) is 0 Å². The molecule has 0 aromatic rings. The second kappa shape index (κ2) is 4.19. The maximum atomic E-state index is 11.8. The molecule has 6 heteroatoms. The van der Waals surface area contributed by atoms with Crippen molar-refractivity contribution in [3.05, 3.63) is 0 Å². The van der Waals surface area contributed by atoms with E-state index in [0.717, 1.165) is 0 Å². The van der Waals surface area contributed by atoms with Gasteiger partial charge in [-0.05, 0) is 20.3 Å². The van der Waals surface area contributed by atoms with Crippen molar-refractivity contribution < 1.29 is 17.9 Å². The molecule has 2 rings (SSSR count). The van der Waals surface area contributed by atoms with E-state index in [0.29, 0.717) is 32.7 Å². The molecule has 0 amide bonds. The largest absolute Gasteiger partial charge is 0.350 e. The second-order valence-corrected chi connectivity index (χ2v) is 7.65. The molecule has 5 nitrogen and oxygen atoms in total. The average molecular weight is 263 g/mol. The van der Waals surface area contributed by atoms with Crippen LogP contribution in [0.1, 0.15) is 27.2 Å². The van der Waals surface area contributed by atoms with Crippen molar-refractivity contribution in [2.45, 2.75) is 33.0 Å². The Morgan fingerprint density at radius 3 is 2.18 bits per heavy atom. The van der Waals surface area contributed by atoms with Gasteiger partial charge in [-0.1, -0.05) is 6.92 Å². The zero-order valence-corrected chi connectivity index (χ0v) is 11.5. The fourth-order valence-electron chi connectivity index (χ4n) is 2.21. The lowest BCUT2D eigenvalue weighted by Crippen LogP contribution is -2.65. The molecule has 0 aromatic heterocycles. The third-order valence-electron chi connectivity index (χ3n) is 3.33. The Labute approximate surface area is 103 Å². The number of nitrogens with zero attached hydrogens (tertiary/aromatic N) is 1. The Bertz CT molecular complexity index is 372. The highest BCUT2D eigenvalue weighted by Gasteiger charge is 2.51. The van der Waals surface area contributed by atoms with Crippen LogP contribution in [0.4, 0.5) is 0 Å². The highest BCUT2D eigenvalue weighted by molar-refractivity contribution is 7.89. The number of hydrogen-bond acceptors (Lipinski definition) is 4. The van der Waals surface area contributed by atoms with Gasteiger partial charge in [-0.2, -0.15) is 0 Å². The zero-order valence-electron chi connectivity index (χ0n) is 10.7. The van der Waals surface area contributed by atoms with Crippen molar-refractivity contribution in [3.63, 3.8) is 0 Å². The molecule has 2 aliphatic heterocycles. The van der Waals surface area contributed by atoms with Gasteiger partial charge >= 0.3 is 0 Å². The van der Waals surface area contributed by atoms with Gasteiger partial charge in [0.05, 0.1) is 19.0 Å². The first kappa shape index (κ1) is 13.3. The number of hydrogen-bond donors (Lipinski definition) is 0. The minimum Gasteiger partial charge on any atom is -0.350 e. The zero-order chi connectivity index (χ0) is 12.7. The van der Waals surface area contributed by atoms with Crippen molar-refractivity contribution in [1.82, 2.24) is 4.31 Å². The molecule has 17 heavy (non-hydrogen) atoms. The summed E-state index contributed by atoms with van der Waals surface area (Å²) in [5.74, 6) is -0.301. The monoisotopic (exact) mass is 263 g/mol. The van der Waals surface area contributed by atoms with E-state index in [1.165, 1.54) is 0 Å². The molecule has 0 aliphatic carbocycles. The first-order valence-corrected chi connectivity index (χ1v) is 7.65. The normalized spacial score (nSPS) is 27.9. The topological polar surface area (TPSA) is 55.8 Å². The van der Waals surface area contributed by atoms with Gasteiger partial charge in [0.1, 0.15) is 0 Å². The van der Waals surface area contributed by atoms with Crippen LogP contribution in [-0.4, -0.2) is 50.6 Å². The Kier molecular flexibility index (Phi) is 3.27. The molecule has 0 radical (unpaired) electrons. The summed E-state index contributed by atoms with van der Waals surface area (Å²) in [6, 6.07) is 0. The fourth-order valence-corrected chi connectivity index (χ4v) is 3.92. The summed E-state index contributed by atoms with van der Waals surface area (Å²) in [4.78, 5) is 0. The van der Waals surface area contributed by atoms with Crippen LogP contribution in [-0.2, 0) is 19.5 Å². The lowest BCUT2D eigenvalue weighted by molar-refractivity contribution is -0.299. The number of rotatable bonds is 3. The maximum Gasteiger partial charge on any atom is 0.214 e. The summed E-state index contributed by atoms with van der Waals surface area (Å²) in [5.41, 5.74) is -0.115. The molecule has 0 aromatic carbocycles. The van der Waals surface area contributed by atoms with E-state index in [1.54, 1.807) is 4.31 Å². The molecule has 0 atom stereocenters.